The molecule has 3 aromatic rings. The zero-order valence-electron chi connectivity index (χ0n) is 15.7. The Hall–Kier alpha value is -3.15. The number of nitrogens with one attached hydrogen (secondary N) is 1. The summed E-state index contributed by atoms with van der Waals surface area (Å²) in [5.41, 5.74) is 2.41. The Kier molecular flexibility index (Phi) is 5.33. The highest BCUT2D eigenvalue weighted by Gasteiger charge is 2.40. The van der Waals surface area contributed by atoms with E-state index in [9.17, 15) is 14.0 Å². The van der Waals surface area contributed by atoms with Crippen LogP contribution in [0.5, 0.6) is 0 Å². The van der Waals surface area contributed by atoms with Crippen molar-refractivity contribution < 1.29 is 14.0 Å². The highest BCUT2D eigenvalue weighted by Crippen LogP contribution is 2.35. The van der Waals surface area contributed by atoms with E-state index in [4.69, 9.17) is 23.2 Å². The van der Waals surface area contributed by atoms with Crippen LogP contribution in [0, 0.1) is 12.7 Å². The first kappa shape index (κ1) is 20.1. The molecule has 0 radical (unpaired) electrons. The number of imide groups is 1. The number of benzene rings is 3. The topological polar surface area (TPSA) is 49.4 Å². The van der Waals surface area contributed by atoms with Crippen LogP contribution >= 0.6 is 23.2 Å². The molecule has 0 fully saturated rings. The molecule has 1 N–H and O–H groups in total. The van der Waals surface area contributed by atoms with Crippen LogP contribution in [-0.4, -0.2) is 11.8 Å². The van der Waals surface area contributed by atoms with Gasteiger partial charge in [-0.3, -0.25) is 9.59 Å². The standard InChI is InChI=1S/C23H15Cl2FN2O2/c1-13-5-8-16(25)12-19(13)27-21-20(14-6-9-17(26)10-7-14)22(29)28(23(21)30)18-4-2-3-15(24)11-18/h2-12,27H,1H3. The van der Waals surface area contributed by atoms with Crippen molar-refractivity contribution in [2.24, 2.45) is 0 Å². The molecule has 4 nitrogen and oxygen atoms in total. The first-order chi connectivity index (χ1) is 14.3. The Bertz CT molecular complexity index is 1210. The van der Waals surface area contributed by atoms with E-state index in [-0.39, 0.29) is 11.3 Å². The number of amides is 2. The number of carbonyl (C=O) groups excluding carboxylic acids is 2. The Morgan fingerprint density at radius 2 is 1.57 bits per heavy atom. The molecule has 3 aromatic carbocycles. The summed E-state index contributed by atoms with van der Waals surface area (Å²) in [5, 5.41) is 3.94. The van der Waals surface area contributed by atoms with E-state index in [0.29, 0.717) is 27.0 Å². The molecule has 4 rings (SSSR count). The van der Waals surface area contributed by atoms with Gasteiger partial charge in [-0.25, -0.2) is 9.29 Å². The minimum absolute atomic E-state index is 0.0805. The summed E-state index contributed by atoms with van der Waals surface area (Å²) in [6.07, 6.45) is 0. The maximum atomic E-state index is 13.5. The maximum Gasteiger partial charge on any atom is 0.282 e. The van der Waals surface area contributed by atoms with Crippen molar-refractivity contribution >= 4 is 52.0 Å². The van der Waals surface area contributed by atoms with Gasteiger partial charge in [-0.15, -0.1) is 0 Å². The second-order valence-corrected chi connectivity index (χ2v) is 7.64. The predicted octanol–water partition coefficient (Wildman–Crippen LogP) is 5.84. The number of anilines is 2. The van der Waals surface area contributed by atoms with Gasteiger partial charge in [0, 0.05) is 15.7 Å². The van der Waals surface area contributed by atoms with Crippen molar-refractivity contribution in [3.8, 4) is 0 Å². The van der Waals surface area contributed by atoms with E-state index in [1.54, 1.807) is 36.4 Å². The first-order valence-corrected chi connectivity index (χ1v) is 9.78. The van der Waals surface area contributed by atoms with E-state index in [1.165, 1.54) is 30.3 Å². The summed E-state index contributed by atoms with van der Waals surface area (Å²) in [5.74, 6) is -1.51. The van der Waals surface area contributed by atoms with Gasteiger partial charge >= 0.3 is 0 Å². The third kappa shape index (κ3) is 3.70. The fourth-order valence-corrected chi connectivity index (χ4v) is 3.60. The lowest BCUT2D eigenvalue weighted by Gasteiger charge is -2.16. The summed E-state index contributed by atoms with van der Waals surface area (Å²) in [6, 6.07) is 17.1. The van der Waals surface area contributed by atoms with Gasteiger partial charge in [-0.05, 0) is 60.5 Å². The van der Waals surface area contributed by atoms with Crippen LogP contribution < -0.4 is 10.2 Å². The van der Waals surface area contributed by atoms with Crippen molar-refractivity contribution in [1.29, 1.82) is 0 Å². The number of aryl methyl sites for hydroxylation is 1. The van der Waals surface area contributed by atoms with E-state index >= 15 is 0 Å². The Labute approximate surface area is 182 Å². The van der Waals surface area contributed by atoms with Crippen molar-refractivity contribution in [3.05, 3.63) is 99.4 Å². The summed E-state index contributed by atoms with van der Waals surface area (Å²) >= 11 is 12.2. The zero-order valence-corrected chi connectivity index (χ0v) is 17.3. The van der Waals surface area contributed by atoms with E-state index in [1.807, 2.05) is 6.92 Å². The highest BCUT2D eigenvalue weighted by molar-refractivity contribution is 6.46. The third-order valence-electron chi connectivity index (χ3n) is 4.74. The second-order valence-electron chi connectivity index (χ2n) is 6.77. The molecule has 1 aliphatic heterocycles. The molecule has 0 unspecified atom stereocenters. The van der Waals surface area contributed by atoms with Crippen LogP contribution in [-0.2, 0) is 9.59 Å². The normalized spacial score (nSPS) is 13.9. The number of hydrogen-bond acceptors (Lipinski definition) is 3. The molecule has 0 aliphatic carbocycles. The van der Waals surface area contributed by atoms with Crippen molar-refractivity contribution in [1.82, 2.24) is 0 Å². The fraction of sp³-hybridized carbons (Fsp3) is 0.0435. The monoisotopic (exact) mass is 440 g/mol. The molecule has 7 heteroatoms. The van der Waals surface area contributed by atoms with Crippen LogP contribution in [0.1, 0.15) is 11.1 Å². The van der Waals surface area contributed by atoms with Crippen molar-refractivity contribution in [2.45, 2.75) is 6.92 Å². The van der Waals surface area contributed by atoms with Gasteiger partial charge in [0.15, 0.2) is 0 Å². The number of halogens is 3. The van der Waals surface area contributed by atoms with Gasteiger partial charge in [-0.1, -0.05) is 47.5 Å². The van der Waals surface area contributed by atoms with E-state index < -0.39 is 17.6 Å². The number of hydrogen-bond donors (Lipinski definition) is 1. The number of carbonyl (C=O) groups is 2. The summed E-state index contributed by atoms with van der Waals surface area (Å²) in [6.45, 7) is 1.85. The minimum Gasteiger partial charge on any atom is -0.350 e. The van der Waals surface area contributed by atoms with Gasteiger partial charge < -0.3 is 5.32 Å². The lowest BCUT2D eigenvalue weighted by Crippen LogP contribution is -2.32. The van der Waals surface area contributed by atoms with E-state index in [2.05, 4.69) is 5.32 Å². The molecule has 0 bridgehead atoms. The molecule has 1 heterocycles. The molecular formula is C23H15Cl2FN2O2. The molecule has 0 spiro atoms. The maximum absolute atomic E-state index is 13.5. The van der Waals surface area contributed by atoms with E-state index in [0.717, 1.165) is 10.5 Å². The molecule has 150 valence electrons. The molecule has 30 heavy (non-hydrogen) atoms. The number of nitrogens with zero attached hydrogens (tertiary/aromatic N) is 1. The summed E-state index contributed by atoms with van der Waals surface area (Å²) in [4.78, 5) is 27.7. The van der Waals surface area contributed by atoms with Crippen LogP contribution in [0.2, 0.25) is 10.0 Å². The smallest absolute Gasteiger partial charge is 0.282 e. The first-order valence-electron chi connectivity index (χ1n) is 9.03. The lowest BCUT2D eigenvalue weighted by atomic mass is 10.0. The summed E-state index contributed by atoms with van der Waals surface area (Å²) in [7, 11) is 0. The third-order valence-corrected chi connectivity index (χ3v) is 5.21. The molecular weight excluding hydrogens is 426 g/mol. The zero-order chi connectivity index (χ0) is 21.4. The lowest BCUT2D eigenvalue weighted by molar-refractivity contribution is -0.120. The Morgan fingerprint density at radius 1 is 0.867 bits per heavy atom. The molecule has 0 atom stereocenters. The second kappa shape index (κ2) is 7.94. The Balaban J connectivity index is 1.85. The quantitative estimate of drug-likeness (QED) is 0.518. The average Bonchev–Trinajstić information content (AvgIpc) is 2.95. The minimum atomic E-state index is -0.541. The van der Waals surface area contributed by atoms with Crippen LogP contribution in [0.3, 0.4) is 0 Å². The van der Waals surface area contributed by atoms with Crippen molar-refractivity contribution in [2.75, 3.05) is 10.2 Å². The molecule has 0 saturated carbocycles. The van der Waals surface area contributed by atoms with Gasteiger partial charge in [0.25, 0.3) is 11.8 Å². The Morgan fingerprint density at radius 3 is 2.27 bits per heavy atom. The van der Waals surface area contributed by atoms with Gasteiger partial charge in [0.1, 0.15) is 11.5 Å². The molecule has 0 aromatic heterocycles. The number of rotatable bonds is 4. The molecule has 1 aliphatic rings. The highest BCUT2D eigenvalue weighted by atomic mass is 35.5. The van der Waals surface area contributed by atoms with Crippen LogP contribution in [0.25, 0.3) is 5.57 Å². The van der Waals surface area contributed by atoms with Crippen LogP contribution in [0.15, 0.2) is 72.4 Å². The summed E-state index contributed by atoms with van der Waals surface area (Å²) < 4.78 is 13.5. The van der Waals surface area contributed by atoms with Gasteiger partial charge in [-0.2, -0.15) is 0 Å². The van der Waals surface area contributed by atoms with Crippen LogP contribution in [0.4, 0.5) is 15.8 Å². The fourth-order valence-electron chi connectivity index (χ4n) is 3.24. The average molecular weight is 441 g/mol. The predicted molar refractivity (Wildman–Crippen MR) is 117 cm³/mol. The molecule has 0 saturated heterocycles. The largest absolute Gasteiger partial charge is 0.350 e. The SMILES string of the molecule is Cc1ccc(Cl)cc1NC1=C(c2ccc(F)cc2)C(=O)N(c2cccc(Cl)c2)C1=O. The van der Waals surface area contributed by atoms with Crippen molar-refractivity contribution in [3.63, 3.8) is 0 Å². The van der Waals surface area contributed by atoms with Gasteiger partial charge in [0.2, 0.25) is 0 Å². The molecule has 2 amide bonds. The van der Waals surface area contributed by atoms with Gasteiger partial charge in [0.05, 0.1) is 11.3 Å².